The summed E-state index contributed by atoms with van der Waals surface area (Å²) in [6.07, 6.45) is 1.12. The van der Waals surface area contributed by atoms with Crippen LogP contribution >= 0.6 is 22.7 Å². The highest BCUT2D eigenvalue weighted by Crippen LogP contribution is 2.39. The van der Waals surface area contributed by atoms with Gasteiger partial charge in [-0.1, -0.05) is 29.3 Å². The minimum Gasteiger partial charge on any atom is -0.491 e. The number of hydrogen-bond donors (Lipinski definition) is 0. The van der Waals surface area contributed by atoms with Crippen molar-refractivity contribution < 1.29 is 23.7 Å². The van der Waals surface area contributed by atoms with E-state index in [0.717, 1.165) is 39.4 Å². The molecule has 0 saturated heterocycles. The number of aromatic nitrogens is 1. The molecule has 0 unspecified atom stereocenters. The van der Waals surface area contributed by atoms with Crippen LogP contribution in [0, 0.1) is 0 Å². The van der Waals surface area contributed by atoms with Crippen molar-refractivity contribution in [2.75, 3.05) is 57.6 Å². The molecule has 226 valence electrons. The molecule has 0 N–H and O–H groups in total. The summed E-state index contributed by atoms with van der Waals surface area (Å²) >= 11 is 2.93. The number of carbonyl (C=O) groups is 1. The zero-order valence-corrected chi connectivity index (χ0v) is 25.8. The lowest BCUT2D eigenvalue weighted by Gasteiger charge is -2.20. The maximum atomic E-state index is 10.9. The van der Waals surface area contributed by atoms with Gasteiger partial charge in [0.05, 0.1) is 42.5 Å². The van der Waals surface area contributed by atoms with Gasteiger partial charge in [-0.3, -0.25) is 0 Å². The quantitative estimate of drug-likeness (QED) is 0.0475. The molecule has 0 fully saturated rings. The summed E-state index contributed by atoms with van der Waals surface area (Å²) in [6, 6.07) is 17.4. The fourth-order valence-corrected chi connectivity index (χ4v) is 5.59. The molecule has 0 aliphatic carbocycles. The molecular formula is C30H34N6O5S2. The number of carbonyl (C=O) groups excluding carboxylic acids is 1. The Bertz CT molecular complexity index is 1470. The highest BCUT2D eigenvalue weighted by Gasteiger charge is 2.09. The lowest BCUT2D eigenvalue weighted by molar-refractivity contribution is -0.139. The number of thiophene rings is 1. The molecule has 0 radical (unpaired) electrons. The lowest BCUT2D eigenvalue weighted by atomic mass is 10.2. The highest BCUT2D eigenvalue weighted by molar-refractivity contribution is 7.30. The average Bonchev–Trinajstić information content (AvgIpc) is 3.60. The fourth-order valence-electron chi connectivity index (χ4n) is 3.74. The molecule has 4 aromatic rings. The van der Waals surface area contributed by atoms with Crippen LogP contribution in [0.3, 0.4) is 0 Å². The molecule has 0 spiro atoms. The summed E-state index contributed by atoms with van der Waals surface area (Å²) in [5.74, 6) is 0.251. The van der Waals surface area contributed by atoms with Crippen LogP contribution in [0.15, 0.2) is 87.7 Å². The van der Waals surface area contributed by atoms with Crippen molar-refractivity contribution in [2.24, 2.45) is 20.5 Å². The van der Waals surface area contributed by atoms with Crippen LogP contribution in [0.2, 0.25) is 0 Å². The maximum absolute atomic E-state index is 10.9. The van der Waals surface area contributed by atoms with Crippen LogP contribution in [-0.4, -0.2) is 63.7 Å². The Morgan fingerprint density at radius 2 is 1.47 bits per heavy atom. The Balaban J connectivity index is 1.16. The predicted octanol–water partition coefficient (Wildman–Crippen LogP) is 8.18. The van der Waals surface area contributed by atoms with Crippen molar-refractivity contribution in [2.45, 2.75) is 13.8 Å². The number of thiazole rings is 1. The van der Waals surface area contributed by atoms with Crippen LogP contribution in [0.1, 0.15) is 13.8 Å². The first-order valence-corrected chi connectivity index (χ1v) is 15.5. The summed E-state index contributed by atoms with van der Waals surface area (Å²) in [4.78, 5) is 18.6. The van der Waals surface area contributed by atoms with E-state index in [2.05, 4.69) is 62.9 Å². The minimum atomic E-state index is -0.462. The first-order chi connectivity index (χ1) is 21.1. The molecule has 0 saturated carbocycles. The van der Waals surface area contributed by atoms with E-state index in [-0.39, 0.29) is 6.61 Å². The minimum absolute atomic E-state index is 0.189. The smallest absolute Gasteiger partial charge is 0.330 e. The zero-order valence-electron chi connectivity index (χ0n) is 24.2. The second kappa shape index (κ2) is 17.2. The summed E-state index contributed by atoms with van der Waals surface area (Å²) in [5.41, 5.74) is 2.68. The van der Waals surface area contributed by atoms with Crippen molar-refractivity contribution in [3.8, 4) is 5.75 Å². The lowest BCUT2D eigenvalue weighted by Crippen LogP contribution is -2.21. The molecule has 43 heavy (non-hydrogen) atoms. The number of esters is 1. The molecule has 2 heterocycles. The molecule has 0 aliphatic heterocycles. The van der Waals surface area contributed by atoms with Gasteiger partial charge in [0, 0.05) is 24.9 Å². The third kappa shape index (κ3) is 10.3. The van der Waals surface area contributed by atoms with E-state index in [1.165, 1.54) is 28.4 Å². The largest absolute Gasteiger partial charge is 0.491 e. The third-order valence-corrected chi connectivity index (χ3v) is 7.83. The second-order valence-corrected chi connectivity index (χ2v) is 10.8. The predicted molar refractivity (Wildman–Crippen MR) is 171 cm³/mol. The van der Waals surface area contributed by atoms with Gasteiger partial charge in [0.15, 0.2) is 0 Å². The molecule has 0 atom stereocenters. The van der Waals surface area contributed by atoms with Gasteiger partial charge in [-0.2, -0.15) is 0 Å². The Morgan fingerprint density at radius 1 is 0.837 bits per heavy atom. The van der Waals surface area contributed by atoms with E-state index in [4.69, 9.17) is 18.9 Å². The summed E-state index contributed by atoms with van der Waals surface area (Å²) < 4.78 is 22.3. The molecular weight excluding hydrogens is 589 g/mol. The van der Waals surface area contributed by atoms with Crippen molar-refractivity contribution in [3.63, 3.8) is 0 Å². The normalized spacial score (nSPS) is 11.5. The van der Waals surface area contributed by atoms with E-state index in [1.54, 1.807) is 0 Å². The number of anilines is 1. The summed E-state index contributed by atoms with van der Waals surface area (Å²) in [5, 5.41) is 18.7. The molecule has 4 rings (SSSR count). The fraction of sp³-hybridized carbons (Fsp3) is 0.333. The number of azo groups is 2. The maximum Gasteiger partial charge on any atom is 0.330 e. The van der Waals surface area contributed by atoms with Crippen molar-refractivity contribution in [1.82, 2.24) is 4.98 Å². The van der Waals surface area contributed by atoms with Gasteiger partial charge < -0.3 is 23.8 Å². The van der Waals surface area contributed by atoms with Crippen molar-refractivity contribution in [1.29, 1.82) is 0 Å². The van der Waals surface area contributed by atoms with E-state index in [9.17, 15) is 4.79 Å². The first-order valence-electron chi connectivity index (χ1n) is 13.8. The summed E-state index contributed by atoms with van der Waals surface area (Å²) in [7, 11) is 0. The van der Waals surface area contributed by atoms with E-state index < -0.39 is 5.97 Å². The van der Waals surface area contributed by atoms with Crippen LogP contribution in [0.5, 0.6) is 5.75 Å². The van der Waals surface area contributed by atoms with Gasteiger partial charge in [0.1, 0.15) is 28.8 Å². The summed E-state index contributed by atoms with van der Waals surface area (Å²) in [6.45, 7) is 11.7. The number of nitrogens with zero attached hydrogens (tertiary/aromatic N) is 6. The standard InChI is InChI=1S/C30H34N6O5S2/c1-4-28(37)41-20-18-39-16-15-38-17-19-40-25-13-9-23(10-14-25)32-34-27-21-26-29(43-27)31-30(42-26)35-33-22-7-11-24(12-8-22)36(5-2)6-3/h4,7-14,21H,1,5-6,15-20H2,2-3H3. The number of benzene rings is 2. The van der Waals surface area contributed by atoms with E-state index in [1.807, 2.05) is 42.5 Å². The Hall–Kier alpha value is -4.04. The van der Waals surface area contributed by atoms with Gasteiger partial charge in [-0.25, -0.2) is 9.78 Å². The van der Waals surface area contributed by atoms with Crippen molar-refractivity contribution in [3.05, 3.63) is 67.3 Å². The van der Waals surface area contributed by atoms with E-state index >= 15 is 0 Å². The van der Waals surface area contributed by atoms with Crippen LogP contribution in [-0.2, 0) is 19.0 Å². The van der Waals surface area contributed by atoms with Crippen LogP contribution in [0.25, 0.3) is 9.53 Å². The Kier molecular flexibility index (Phi) is 12.7. The Morgan fingerprint density at radius 3 is 2.12 bits per heavy atom. The zero-order chi connectivity index (χ0) is 30.3. The van der Waals surface area contributed by atoms with Gasteiger partial charge in [-0.05, 0) is 68.4 Å². The van der Waals surface area contributed by atoms with Crippen LogP contribution < -0.4 is 9.64 Å². The average molecular weight is 623 g/mol. The number of rotatable bonds is 18. The molecule has 2 aromatic heterocycles. The number of fused-ring (bicyclic) bond motifs is 1. The number of ether oxygens (including phenoxy) is 4. The second-order valence-electron chi connectivity index (χ2n) is 8.78. The first kappa shape index (κ1) is 31.9. The molecule has 0 amide bonds. The molecule has 0 bridgehead atoms. The van der Waals surface area contributed by atoms with Gasteiger partial charge in [0.2, 0.25) is 5.13 Å². The SMILES string of the molecule is C=CC(=O)OCCOCCOCCOc1ccc(N=Nc2cc3sc(N=Nc4ccc(N(CC)CC)cc4)nc3s2)cc1. The highest BCUT2D eigenvalue weighted by atomic mass is 32.1. The molecule has 11 nitrogen and oxygen atoms in total. The van der Waals surface area contributed by atoms with Crippen LogP contribution in [0.4, 0.5) is 27.2 Å². The molecule has 0 aliphatic rings. The van der Waals surface area contributed by atoms with Gasteiger partial charge >= 0.3 is 5.97 Å². The van der Waals surface area contributed by atoms with E-state index in [0.29, 0.717) is 49.6 Å². The number of hydrogen-bond acceptors (Lipinski definition) is 13. The Labute approximate surface area is 258 Å². The third-order valence-electron chi connectivity index (χ3n) is 5.90. The monoisotopic (exact) mass is 622 g/mol. The molecule has 13 heteroatoms. The molecule has 2 aromatic carbocycles. The van der Waals surface area contributed by atoms with Gasteiger partial charge in [0.25, 0.3) is 0 Å². The van der Waals surface area contributed by atoms with Gasteiger partial charge in [-0.15, -0.1) is 20.5 Å². The van der Waals surface area contributed by atoms with Crippen molar-refractivity contribution >= 4 is 65.4 Å². The topological polar surface area (TPSA) is 120 Å².